The third-order valence-corrected chi connectivity index (χ3v) is 15.8. The van der Waals surface area contributed by atoms with E-state index in [1.807, 2.05) is 23.1 Å². The monoisotopic (exact) mass is 967 g/mol. The zero-order valence-electron chi connectivity index (χ0n) is 40.2. The van der Waals surface area contributed by atoms with Gasteiger partial charge in [-0.05, 0) is 111 Å². The van der Waals surface area contributed by atoms with Crippen LogP contribution in [0.15, 0.2) is 59.4 Å². The molecule has 15 nitrogen and oxygen atoms in total. The van der Waals surface area contributed by atoms with Crippen molar-refractivity contribution >= 4 is 56.0 Å². The molecular weight excluding hydrogens is 909 g/mol. The molecular formula is C54H59F2N9O6. The maximum Gasteiger partial charge on any atom is 0.329 e. The van der Waals surface area contributed by atoms with Crippen molar-refractivity contribution in [3.63, 3.8) is 0 Å². The zero-order chi connectivity index (χ0) is 49.3. The summed E-state index contributed by atoms with van der Waals surface area (Å²) in [7, 11) is 1.73. The Bertz CT molecular complexity index is 3220. The molecule has 2 aromatic heterocycles. The van der Waals surface area contributed by atoms with Gasteiger partial charge in [-0.1, -0.05) is 18.1 Å². The number of halogens is 2. The molecule has 5 aliphatic rings. The van der Waals surface area contributed by atoms with E-state index in [-0.39, 0.29) is 57.4 Å². The predicted molar refractivity (Wildman–Crippen MR) is 268 cm³/mol. The van der Waals surface area contributed by atoms with Gasteiger partial charge in [0.25, 0.3) is 0 Å². The summed E-state index contributed by atoms with van der Waals surface area (Å²) in [6.07, 6.45) is 11.7. The normalized spacial score (nSPS) is 22.3. The Balaban J connectivity index is 0.735. The quantitative estimate of drug-likeness (QED) is 0.101. The van der Waals surface area contributed by atoms with E-state index >= 15 is 8.78 Å². The van der Waals surface area contributed by atoms with Crippen LogP contribution in [0.2, 0.25) is 0 Å². The number of rotatable bonds is 11. The van der Waals surface area contributed by atoms with Crippen LogP contribution in [0.4, 0.5) is 20.3 Å². The molecule has 5 fully saturated rings. The number of aryl methyl sites for hydroxylation is 1. The van der Waals surface area contributed by atoms with E-state index in [2.05, 4.69) is 30.9 Å². The number of hydrogen-bond acceptors (Lipinski definition) is 12. The molecule has 0 bridgehead atoms. The number of phenols is 1. The Morgan fingerprint density at radius 1 is 0.873 bits per heavy atom. The van der Waals surface area contributed by atoms with E-state index in [0.29, 0.717) is 65.9 Å². The van der Waals surface area contributed by atoms with Crippen molar-refractivity contribution in [2.45, 2.75) is 69.9 Å². The molecule has 71 heavy (non-hydrogen) atoms. The molecule has 6 heterocycles. The highest BCUT2D eigenvalue weighted by Gasteiger charge is 2.46. The number of piperidine rings is 3. The van der Waals surface area contributed by atoms with Crippen molar-refractivity contribution in [3.05, 3.63) is 82.3 Å². The van der Waals surface area contributed by atoms with E-state index in [0.717, 1.165) is 95.7 Å². The minimum Gasteiger partial charge on any atom is -0.508 e. The highest BCUT2D eigenvalue weighted by Crippen LogP contribution is 2.47. The van der Waals surface area contributed by atoms with E-state index in [4.69, 9.17) is 16.1 Å². The maximum absolute atomic E-state index is 17.2. The van der Waals surface area contributed by atoms with Crippen LogP contribution in [0.1, 0.15) is 69.9 Å². The lowest BCUT2D eigenvalue weighted by molar-refractivity contribution is -0.135. The molecule has 2 atom stereocenters. The molecule has 370 valence electrons. The second-order valence-corrected chi connectivity index (χ2v) is 21.0. The van der Waals surface area contributed by atoms with Crippen LogP contribution in [0.25, 0.3) is 43.8 Å². The van der Waals surface area contributed by atoms with Crippen LogP contribution in [0.3, 0.4) is 0 Å². The summed E-state index contributed by atoms with van der Waals surface area (Å²) < 4.78 is 41.8. The number of fused-ring (bicyclic) bond motifs is 3. The number of nitrogens with one attached hydrogen (secondary N) is 1. The molecule has 1 saturated carbocycles. The Labute approximate surface area is 410 Å². The lowest BCUT2D eigenvalue weighted by atomic mass is 9.92. The van der Waals surface area contributed by atoms with Crippen molar-refractivity contribution in [3.8, 4) is 35.2 Å². The lowest BCUT2D eigenvalue weighted by Crippen LogP contribution is -2.50. The predicted octanol–water partition coefficient (Wildman–Crippen LogP) is 6.09. The number of terminal acetylenes is 1. The third kappa shape index (κ3) is 8.95. The van der Waals surface area contributed by atoms with Crippen LogP contribution in [-0.2, 0) is 16.6 Å². The van der Waals surface area contributed by atoms with Crippen LogP contribution in [-0.4, -0.2) is 129 Å². The van der Waals surface area contributed by atoms with Crippen molar-refractivity contribution < 1.29 is 33.3 Å². The number of aliphatic hydroxyl groups is 1. The number of nitrogens with zero attached hydrogens (tertiary/aromatic N) is 8. The Hall–Kier alpha value is -6.61. The average Bonchev–Trinajstić information content (AvgIpc) is 4.08. The van der Waals surface area contributed by atoms with E-state index in [1.165, 1.54) is 28.8 Å². The smallest absolute Gasteiger partial charge is 0.329 e. The first-order valence-electron chi connectivity index (χ1n) is 24.9. The number of carbonyl (C=O) groups is 2. The van der Waals surface area contributed by atoms with Gasteiger partial charge in [-0.15, -0.1) is 6.42 Å². The molecule has 1 unspecified atom stereocenters. The van der Waals surface area contributed by atoms with E-state index in [9.17, 15) is 24.6 Å². The van der Waals surface area contributed by atoms with Crippen molar-refractivity contribution in [2.24, 2.45) is 18.4 Å². The molecule has 0 spiro atoms. The highest BCUT2D eigenvalue weighted by atomic mass is 19.1. The number of aromatic nitrogens is 4. The number of imidazole rings is 1. The molecule has 4 saturated heterocycles. The van der Waals surface area contributed by atoms with Gasteiger partial charge in [0.15, 0.2) is 5.82 Å². The van der Waals surface area contributed by atoms with Crippen molar-refractivity contribution in [1.29, 1.82) is 0 Å². The van der Waals surface area contributed by atoms with Gasteiger partial charge in [-0.25, -0.2) is 13.6 Å². The largest absolute Gasteiger partial charge is 0.508 e. The van der Waals surface area contributed by atoms with E-state index < -0.39 is 29.2 Å². The summed E-state index contributed by atoms with van der Waals surface area (Å²) in [5.74, 6) is 1.29. The van der Waals surface area contributed by atoms with Gasteiger partial charge in [0.1, 0.15) is 28.9 Å². The molecule has 4 aliphatic heterocycles. The molecule has 0 radical (unpaired) electrons. The number of piperazine rings is 1. The highest BCUT2D eigenvalue weighted by molar-refractivity contribution is 6.04. The summed E-state index contributed by atoms with van der Waals surface area (Å²) >= 11 is 0. The second-order valence-electron chi connectivity index (χ2n) is 21.0. The molecule has 3 N–H and O–H groups in total. The van der Waals surface area contributed by atoms with Gasteiger partial charge in [-0.3, -0.25) is 24.0 Å². The van der Waals surface area contributed by atoms with Gasteiger partial charge in [0, 0.05) is 106 Å². The fraction of sp³-hybridized carbons (Fsp3) is 0.463. The van der Waals surface area contributed by atoms with Crippen LogP contribution in [0, 0.1) is 35.3 Å². The number of imide groups is 1. The topological polar surface area (TPSA) is 162 Å². The molecule has 6 aromatic rings. The molecule has 17 heteroatoms. The molecule has 1 aliphatic carbocycles. The van der Waals surface area contributed by atoms with Gasteiger partial charge in [-0.2, -0.15) is 9.97 Å². The summed E-state index contributed by atoms with van der Waals surface area (Å²) in [5, 5.41) is 25.4. The SMILES string of the molecule is C#Cc1c(F)ccc2cc(O)cc(-c3ccc4c(N5CCC[C@@](C)(O)C5)nc(OCC5(CN6CCN(CC7CCN(c8ccc9c(c8)n(C)c(=O)n9C8CCC(=O)NC8=O)CC7)CC6)CC5)nc4c3F)c12. The first kappa shape index (κ1) is 46.8. The number of aromatic hydroxyl groups is 1. The van der Waals surface area contributed by atoms with Crippen LogP contribution >= 0.6 is 0 Å². The fourth-order valence-electron chi connectivity index (χ4n) is 11.7. The summed E-state index contributed by atoms with van der Waals surface area (Å²) in [6, 6.07) is 14.3. The van der Waals surface area contributed by atoms with Gasteiger partial charge in [0.05, 0.1) is 28.8 Å². The number of phenolic OH excluding ortho intramolecular Hbond substituents is 1. The fourth-order valence-corrected chi connectivity index (χ4v) is 11.7. The standard InChI is InChI=1S/C54H59F2N9O6/c1-4-37-41(55)10-6-34-26-36(66)28-40(46(34)37)38-8-9-39-48(47(38)56)58-51(59-49(39)64-19-5-16-53(2,70)30-64)71-32-54(17-18-54)31-62-24-22-61(23-25-62)29-33-14-20-63(21-15-33)35-7-11-42-44(27-35)60(3)52(69)65(42)43-12-13-45(67)57-50(43)68/h1,6-11,26-28,33,43,66,70H,5,12-25,29-32H2,2-3H3,(H,57,67,68)/t43?,53-/m1/s1. The lowest BCUT2D eigenvalue weighted by Gasteiger charge is -2.40. The second kappa shape index (κ2) is 18.2. The van der Waals surface area contributed by atoms with Crippen LogP contribution in [0.5, 0.6) is 11.8 Å². The number of hydrogen-bond donors (Lipinski definition) is 3. The molecule has 4 aromatic carbocycles. The number of anilines is 2. The summed E-state index contributed by atoms with van der Waals surface area (Å²) in [6.45, 7) is 10.7. The minimum atomic E-state index is -0.968. The zero-order valence-corrected chi connectivity index (χ0v) is 40.2. The summed E-state index contributed by atoms with van der Waals surface area (Å²) in [4.78, 5) is 56.8. The maximum atomic E-state index is 17.2. The molecule has 2 amide bonds. The Morgan fingerprint density at radius 2 is 1.65 bits per heavy atom. The van der Waals surface area contributed by atoms with E-state index in [1.54, 1.807) is 30.7 Å². The van der Waals surface area contributed by atoms with Gasteiger partial charge in [0.2, 0.25) is 11.8 Å². The van der Waals surface area contributed by atoms with Crippen LogP contribution < -0.4 is 25.5 Å². The number of benzene rings is 4. The minimum absolute atomic E-state index is 0.0170. The molecule has 11 rings (SSSR count). The van der Waals surface area contributed by atoms with Crippen molar-refractivity contribution in [1.82, 2.24) is 34.2 Å². The Kier molecular flexibility index (Phi) is 12.0. The van der Waals surface area contributed by atoms with Gasteiger partial charge < -0.3 is 34.5 Å². The number of ether oxygens (including phenoxy) is 1. The van der Waals surface area contributed by atoms with Gasteiger partial charge >= 0.3 is 11.7 Å². The Morgan fingerprint density at radius 3 is 2.38 bits per heavy atom. The first-order chi connectivity index (χ1) is 34.2. The number of β-amino-alcohol motifs (C(OH)–C–C–N with tert-alkyl or cyclic N) is 1. The third-order valence-electron chi connectivity index (χ3n) is 15.8. The number of carbonyl (C=O) groups excluding carboxylic acids is 2. The first-order valence-corrected chi connectivity index (χ1v) is 24.9. The number of amides is 2. The van der Waals surface area contributed by atoms with Crippen molar-refractivity contribution in [2.75, 3.05) is 81.9 Å². The average molecular weight is 968 g/mol. The summed E-state index contributed by atoms with van der Waals surface area (Å²) in [5.41, 5.74) is 1.52.